The van der Waals surface area contributed by atoms with Gasteiger partial charge >= 0.3 is 5.97 Å². The lowest BCUT2D eigenvalue weighted by atomic mass is 9.94. The van der Waals surface area contributed by atoms with Crippen molar-refractivity contribution in [2.24, 2.45) is 0 Å². The first kappa shape index (κ1) is 25.8. The van der Waals surface area contributed by atoms with E-state index in [-0.39, 0.29) is 23.7 Å². The predicted molar refractivity (Wildman–Crippen MR) is 139 cm³/mol. The molecule has 0 bridgehead atoms. The molecule has 2 amide bonds. The Bertz CT molecular complexity index is 1470. The molecule has 5 rings (SSSR count). The maximum Gasteiger partial charge on any atom is 0.327 e. The second kappa shape index (κ2) is 10.5. The van der Waals surface area contributed by atoms with Crippen molar-refractivity contribution in [3.63, 3.8) is 0 Å². The molecule has 1 aromatic heterocycles. The molecule has 0 unspecified atom stereocenters. The average molecular weight is 537 g/mol. The average Bonchev–Trinajstić information content (AvgIpc) is 2.93. The van der Waals surface area contributed by atoms with Gasteiger partial charge in [-0.25, -0.2) is 13.2 Å². The third kappa shape index (κ3) is 4.86. The van der Waals surface area contributed by atoms with E-state index in [0.29, 0.717) is 31.1 Å². The Kier molecular flexibility index (Phi) is 7.13. The lowest BCUT2D eigenvalue weighted by Gasteiger charge is -2.46. The number of carbonyl (C=O) groups is 3. The third-order valence-corrected chi connectivity index (χ3v) is 9.06. The van der Waals surface area contributed by atoms with Crippen LogP contribution in [0.15, 0.2) is 71.8 Å². The van der Waals surface area contributed by atoms with E-state index in [2.05, 4.69) is 10.3 Å². The van der Waals surface area contributed by atoms with E-state index in [4.69, 9.17) is 0 Å². The minimum absolute atomic E-state index is 0.0156. The summed E-state index contributed by atoms with van der Waals surface area (Å²) in [6.07, 6.45) is 3.60. The molecule has 2 N–H and O–H groups in total. The van der Waals surface area contributed by atoms with Crippen molar-refractivity contribution in [3.8, 4) is 0 Å². The van der Waals surface area contributed by atoms with Crippen LogP contribution in [-0.2, 0) is 19.6 Å². The third-order valence-electron chi connectivity index (χ3n) is 7.21. The number of aliphatic carboxylic acids is 1. The van der Waals surface area contributed by atoms with E-state index in [1.165, 1.54) is 23.2 Å². The summed E-state index contributed by atoms with van der Waals surface area (Å²) in [5.41, 5.74) is 0.183. The van der Waals surface area contributed by atoms with Gasteiger partial charge in [0.2, 0.25) is 15.9 Å². The first-order valence-corrected chi connectivity index (χ1v) is 14.0. The van der Waals surface area contributed by atoms with Gasteiger partial charge in [0.25, 0.3) is 5.91 Å². The van der Waals surface area contributed by atoms with Crippen molar-refractivity contribution in [1.82, 2.24) is 19.5 Å². The number of nitrogens with one attached hydrogen (secondary N) is 1. The highest BCUT2D eigenvalue weighted by atomic mass is 32.2. The standard InChI is InChI=1S/C27H28N4O6S/c32-25(24-21-12-6-4-8-18(21)14-15-28-24)29-22-13-7-5-9-19-16-30(17-23(27(34)35)31(19)26(22)33)38(36,37)20-10-2-1-3-11-20/h1-4,6,8,10-12,14-15,19,22-23H,5,7,9,13,16-17H2,(H,29,32)(H,34,35)/t19-,22-,23-/m0/s1. The summed E-state index contributed by atoms with van der Waals surface area (Å²) in [7, 11) is -3.95. The van der Waals surface area contributed by atoms with Gasteiger partial charge < -0.3 is 15.3 Å². The molecule has 38 heavy (non-hydrogen) atoms. The number of carboxylic acid groups (broad SMARTS) is 1. The monoisotopic (exact) mass is 536 g/mol. The fourth-order valence-electron chi connectivity index (χ4n) is 5.32. The highest BCUT2D eigenvalue weighted by Gasteiger charge is 2.47. The Hall–Kier alpha value is -3.83. The van der Waals surface area contributed by atoms with Crippen LogP contribution in [0.5, 0.6) is 0 Å². The molecule has 0 spiro atoms. The zero-order valence-corrected chi connectivity index (χ0v) is 21.4. The van der Waals surface area contributed by atoms with Gasteiger partial charge in [-0.05, 0) is 36.4 Å². The van der Waals surface area contributed by atoms with E-state index >= 15 is 0 Å². The van der Waals surface area contributed by atoms with Crippen LogP contribution in [0.25, 0.3) is 10.8 Å². The zero-order chi connectivity index (χ0) is 26.9. The predicted octanol–water partition coefficient (Wildman–Crippen LogP) is 2.26. The first-order valence-electron chi connectivity index (χ1n) is 12.5. The van der Waals surface area contributed by atoms with Crippen molar-refractivity contribution in [2.75, 3.05) is 13.1 Å². The summed E-state index contributed by atoms with van der Waals surface area (Å²) < 4.78 is 27.8. The highest BCUT2D eigenvalue weighted by molar-refractivity contribution is 7.89. The van der Waals surface area contributed by atoms with Crippen LogP contribution in [-0.4, -0.2) is 76.7 Å². The number of carboxylic acids is 1. The Morgan fingerprint density at radius 1 is 0.947 bits per heavy atom. The number of amides is 2. The molecule has 2 fully saturated rings. The van der Waals surface area contributed by atoms with Gasteiger partial charge in [0.15, 0.2) is 0 Å². The Morgan fingerprint density at radius 3 is 2.42 bits per heavy atom. The molecule has 2 aromatic carbocycles. The minimum Gasteiger partial charge on any atom is -0.480 e. The second-order valence-electron chi connectivity index (χ2n) is 9.58. The van der Waals surface area contributed by atoms with E-state index < -0.39 is 45.9 Å². The number of benzene rings is 2. The van der Waals surface area contributed by atoms with Gasteiger partial charge in [-0.3, -0.25) is 14.6 Å². The van der Waals surface area contributed by atoms with Crippen LogP contribution in [0, 0.1) is 0 Å². The smallest absolute Gasteiger partial charge is 0.327 e. The number of aromatic nitrogens is 1. The number of pyridine rings is 1. The lowest BCUT2D eigenvalue weighted by Crippen LogP contribution is -2.67. The van der Waals surface area contributed by atoms with E-state index in [1.54, 1.807) is 36.4 Å². The normalized spacial score (nSPS) is 22.8. The topological polar surface area (TPSA) is 137 Å². The van der Waals surface area contributed by atoms with Gasteiger partial charge in [-0.1, -0.05) is 55.3 Å². The van der Waals surface area contributed by atoms with E-state index in [1.807, 2.05) is 12.1 Å². The molecular weight excluding hydrogens is 508 g/mol. The summed E-state index contributed by atoms with van der Waals surface area (Å²) >= 11 is 0. The van der Waals surface area contributed by atoms with E-state index in [0.717, 1.165) is 9.69 Å². The number of carbonyl (C=O) groups excluding carboxylic acids is 2. The maximum absolute atomic E-state index is 13.8. The number of piperazine rings is 1. The van der Waals surface area contributed by atoms with Crippen LogP contribution < -0.4 is 5.32 Å². The van der Waals surface area contributed by atoms with Gasteiger partial charge in [-0.15, -0.1) is 0 Å². The maximum atomic E-state index is 13.8. The summed E-state index contributed by atoms with van der Waals surface area (Å²) in [6, 6.07) is 14.0. The number of hydrogen-bond acceptors (Lipinski definition) is 6. The largest absolute Gasteiger partial charge is 0.480 e. The van der Waals surface area contributed by atoms with Crippen LogP contribution >= 0.6 is 0 Å². The summed E-state index contributed by atoms with van der Waals surface area (Å²) in [6.45, 7) is -0.390. The molecule has 2 aliphatic rings. The zero-order valence-electron chi connectivity index (χ0n) is 20.6. The molecule has 2 saturated heterocycles. The second-order valence-corrected chi connectivity index (χ2v) is 11.5. The Labute approximate surface area is 220 Å². The van der Waals surface area contributed by atoms with Crippen LogP contribution in [0.4, 0.5) is 0 Å². The highest BCUT2D eigenvalue weighted by Crippen LogP contribution is 2.29. The van der Waals surface area contributed by atoms with Crippen molar-refractivity contribution in [2.45, 2.75) is 48.7 Å². The molecule has 10 nitrogen and oxygen atoms in total. The minimum atomic E-state index is -3.95. The fraction of sp³-hybridized carbons (Fsp3) is 0.333. The Balaban J connectivity index is 1.42. The molecule has 11 heteroatoms. The molecule has 0 aliphatic carbocycles. The number of nitrogens with zero attached hydrogens (tertiary/aromatic N) is 3. The molecule has 0 saturated carbocycles. The summed E-state index contributed by atoms with van der Waals surface area (Å²) in [5, 5.41) is 14.3. The fourth-order valence-corrected chi connectivity index (χ4v) is 6.83. The molecule has 3 heterocycles. The van der Waals surface area contributed by atoms with Crippen LogP contribution in [0.1, 0.15) is 36.2 Å². The van der Waals surface area contributed by atoms with Crippen molar-refractivity contribution in [1.29, 1.82) is 0 Å². The van der Waals surface area contributed by atoms with Gasteiger partial charge in [-0.2, -0.15) is 4.31 Å². The number of hydrogen-bond donors (Lipinski definition) is 2. The molecule has 3 aromatic rings. The number of fused-ring (bicyclic) bond motifs is 2. The SMILES string of the molecule is O=C(N[C@H]1CCCC[C@H]2CN(S(=O)(=O)c3ccccc3)C[C@@H](C(=O)O)N2C1=O)c1nccc2ccccc12. The molecule has 0 radical (unpaired) electrons. The van der Waals surface area contributed by atoms with E-state index in [9.17, 15) is 27.9 Å². The van der Waals surface area contributed by atoms with Crippen molar-refractivity contribution >= 4 is 38.6 Å². The van der Waals surface area contributed by atoms with Gasteiger partial charge in [0.1, 0.15) is 17.8 Å². The summed E-state index contributed by atoms with van der Waals surface area (Å²) in [5.74, 6) is -2.33. The molecule has 198 valence electrons. The first-order chi connectivity index (χ1) is 18.3. The summed E-state index contributed by atoms with van der Waals surface area (Å²) in [4.78, 5) is 44.9. The molecular formula is C27H28N4O6S. The lowest BCUT2D eigenvalue weighted by molar-refractivity contribution is -0.157. The van der Waals surface area contributed by atoms with Crippen LogP contribution in [0.2, 0.25) is 0 Å². The van der Waals surface area contributed by atoms with Gasteiger partial charge in [0, 0.05) is 30.7 Å². The van der Waals surface area contributed by atoms with Gasteiger partial charge in [0.05, 0.1) is 4.90 Å². The van der Waals surface area contributed by atoms with Crippen LogP contribution in [0.3, 0.4) is 0 Å². The number of rotatable bonds is 5. The quantitative estimate of drug-likeness (QED) is 0.510. The van der Waals surface area contributed by atoms with Crippen molar-refractivity contribution < 1.29 is 27.9 Å². The Morgan fingerprint density at radius 2 is 1.66 bits per heavy atom. The molecule has 2 aliphatic heterocycles. The number of sulfonamides is 1. The van der Waals surface area contributed by atoms with Crippen molar-refractivity contribution in [3.05, 3.63) is 72.6 Å². The molecule has 3 atom stereocenters.